The summed E-state index contributed by atoms with van der Waals surface area (Å²) < 4.78 is 2.17. The number of carbonyl (C=O) groups is 1. The molecule has 0 amide bonds. The quantitative estimate of drug-likeness (QED) is 0.632. The zero-order chi connectivity index (χ0) is 19.8. The van der Waals surface area contributed by atoms with E-state index in [0.717, 1.165) is 60.5 Å². The molecule has 0 unspecified atom stereocenters. The van der Waals surface area contributed by atoms with Gasteiger partial charge in [-0.2, -0.15) is 5.10 Å². The van der Waals surface area contributed by atoms with Gasteiger partial charge in [-0.15, -0.1) is 0 Å². The number of hydrogen-bond acceptors (Lipinski definition) is 4. The molecule has 4 heterocycles. The van der Waals surface area contributed by atoms with Gasteiger partial charge in [0.2, 0.25) is 0 Å². The van der Waals surface area contributed by atoms with Gasteiger partial charge in [-0.25, -0.2) is 4.79 Å². The summed E-state index contributed by atoms with van der Waals surface area (Å²) in [6.07, 6.45) is 6.83. The van der Waals surface area contributed by atoms with Crippen LogP contribution < -0.4 is 10.2 Å². The van der Waals surface area contributed by atoms with Crippen LogP contribution in [0.5, 0.6) is 0 Å². The van der Waals surface area contributed by atoms with Gasteiger partial charge in [-0.05, 0) is 57.0 Å². The standard InChI is InChI=1S/C21H27N5O2/c1-4-14-12-26-18(19(14)17-7-10-23-24-17)11-16(21(27)28)13(2)20(26)25(3)15-5-8-22-9-6-15/h7,10-12,15,22H,4-6,8-9H2,1-3H3,(H,23,24)(H,27,28). The van der Waals surface area contributed by atoms with E-state index in [9.17, 15) is 9.90 Å². The number of fused-ring (bicyclic) bond motifs is 1. The molecule has 0 saturated carbocycles. The number of aromatic nitrogens is 3. The highest BCUT2D eigenvalue weighted by Gasteiger charge is 2.26. The first-order valence-electron chi connectivity index (χ1n) is 9.87. The number of hydrogen-bond donors (Lipinski definition) is 3. The summed E-state index contributed by atoms with van der Waals surface area (Å²) in [5.74, 6) is 0.0667. The molecule has 4 rings (SSSR count). The minimum atomic E-state index is -0.894. The number of nitrogens with one attached hydrogen (secondary N) is 2. The van der Waals surface area contributed by atoms with Crippen LogP contribution in [0.3, 0.4) is 0 Å². The number of pyridine rings is 1. The number of carboxylic acid groups (broad SMARTS) is 1. The first-order chi connectivity index (χ1) is 13.5. The summed E-state index contributed by atoms with van der Waals surface area (Å²) in [6.45, 7) is 6.01. The molecule has 3 aromatic heterocycles. The first-order valence-corrected chi connectivity index (χ1v) is 9.87. The summed E-state index contributed by atoms with van der Waals surface area (Å²) in [5.41, 5.74) is 5.17. The Kier molecular flexibility index (Phi) is 4.85. The smallest absolute Gasteiger partial charge is 0.336 e. The van der Waals surface area contributed by atoms with E-state index in [1.807, 2.05) is 13.0 Å². The Balaban J connectivity index is 1.99. The number of rotatable bonds is 5. The Morgan fingerprint density at radius 1 is 1.39 bits per heavy atom. The lowest BCUT2D eigenvalue weighted by molar-refractivity contribution is 0.0696. The summed E-state index contributed by atoms with van der Waals surface area (Å²) in [4.78, 5) is 14.3. The molecular weight excluding hydrogens is 354 g/mol. The maximum absolute atomic E-state index is 12.0. The minimum absolute atomic E-state index is 0.352. The average Bonchev–Trinajstić information content (AvgIpc) is 3.34. The SMILES string of the molecule is CCc1cn2c(N(C)C3CCNCC3)c(C)c(C(=O)O)cc2c1-c1ccn[nH]1. The van der Waals surface area contributed by atoms with Gasteiger partial charge in [0.15, 0.2) is 0 Å². The van der Waals surface area contributed by atoms with Gasteiger partial charge in [-0.3, -0.25) is 5.10 Å². The number of nitrogens with zero attached hydrogens (tertiary/aromatic N) is 3. The number of aryl methyl sites for hydroxylation is 1. The van der Waals surface area contributed by atoms with Crippen LogP contribution in [0, 0.1) is 6.92 Å². The summed E-state index contributed by atoms with van der Waals surface area (Å²) in [5, 5.41) is 20.4. The van der Waals surface area contributed by atoms with E-state index in [4.69, 9.17) is 0 Å². The van der Waals surface area contributed by atoms with Crippen molar-refractivity contribution in [2.75, 3.05) is 25.0 Å². The van der Waals surface area contributed by atoms with E-state index in [1.165, 1.54) is 5.56 Å². The molecule has 0 aromatic carbocycles. The van der Waals surface area contributed by atoms with Crippen LogP contribution in [0.1, 0.15) is 41.3 Å². The van der Waals surface area contributed by atoms with Crippen molar-refractivity contribution in [3.63, 3.8) is 0 Å². The minimum Gasteiger partial charge on any atom is -0.478 e. The monoisotopic (exact) mass is 381 g/mol. The molecular formula is C21H27N5O2. The fourth-order valence-corrected chi connectivity index (χ4v) is 4.44. The maximum Gasteiger partial charge on any atom is 0.336 e. The summed E-state index contributed by atoms with van der Waals surface area (Å²) >= 11 is 0. The van der Waals surface area contributed by atoms with Crippen LogP contribution in [-0.4, -0.2) is 51.9 Å². The average molecular weight is 381 g/mol. The van der Waals surface area contributed by atoms with Crippen molar-refractivity contribution in [2.45, 2.75) is 39.2 Å². The number of carboxylic acids is 1. The van der Waals surface area contributed by atoms with E-state index in [1.54, 1.807) is 12.3 Å². The number of piperidine rings is 1. The summed E-state index contributed by atoms with van der Waals surface area (Å²) in [6, 6.07) is 4.12. The third kappa shape index (κ3) is 2.96. The molecule has 7 heteroatoms. The van der Waals surface area contributed by atoms with Crippen LogP contribution >= 0.6 is 0 Å². The van der Waals surface area contributed by atoms with Gasteiger partial charge in [0.1, 0.15) is 5.82 Å². The summed E-state index contributed by atoms with van der Waals surface area (Å²) in [7, 11) is 2.09. The van der Waals surface area contributed by atoms with Gasteiger partial charge >= 0.3 is 5.97 Å². The number of aromatic carboxylic acids is 1. The zero-order valence-corrected chi connectivity index (χ0v) is 16.6. The second-order valence-corrected chi connectivity index (χ2v) is 7.51. The van der Waals surface area contributed by atoms with Gasteiger partial charge in [0, 0.05) is 36.6 Å². The Hall–Kier alpha value is -2.80. The molecule has 0 aliphatic carbocycles. The number of H-pyrrole nitrogens is 1. The zero-order valence-electron chi connectivity index (χ0n) is 16.6. The highest BCUT2D eigenvalue weighted by Crippen LogP contribution is 2.36. The highest BCUT2D eigenvalue weighted by molar-refractivity contribution is 5.96. The molecule has 28 heavy (non-hydrogen) atoms. The molecule has 7 nitrogen and oxygen atoms in total. The Labute approximate surface area is 164 Å². The molecule has 0 atom stereocenters. The van der Waals surface area contributed by atoms with Crippen molar-refractivity contribution < 1.29 is 9.90 Å². The van der Waals surface area contributed by atoms with E-state index >= 15 is 0 Å². The molecule has 1 fully saturated rings. The molecule has 1 aliphatic heterocycles. The van der Waals surface area contributed by atoms with Crippen LogP contribution in [0.4, 0.5) is 5.82 Å². The maximum atomic E-state index is 12.0. The molecule has 3 aromatic rings. The molecule has 0 radical (unpaired) electrons. The second kappa shape index (κ2) is 7.31. The third-order valence-corrected chi connectivity index (χ3v) is 5.94. The second-order valence-electron chi connectivity index (χ2n) is 7.51. The van der Waals surface area contributed by atoms with Crippen LogP contribution in [-0.2, 0) is 6.42 Å². The van der Waals surface area contributed by atoms with Crippen molar-refractivity contribution in [3.05, 3.63) is 41.2 Å². The molecule has 3 N–H and O–H groups in total. The van der Waals surface area contributed by atoms with Crippen molar-refractivity contribution >= 4 is 17.3 Å². The van der Waals surface area contributed by atoms with Crippen molar-refractivity contribution in [2.24, 2.45) is 0 Å². The van der Waals surface area contributed by atoms with Crippen molar-refractivity contribution in [1.29, 1.82) is 0 Å². The first kappa shape index (κ1) is 18.6. The van der Waals surface area contributed by atoms with Gasteiger partial charge < -0.3 is 19.7 Å². The molecule has 0 bridgehead atoms. The molecule has 148 valence electrons. The highest BCUT2D eigenvalue weighted by atomic mass is 16.4. The largest absolute Gasteiger partial charge is 0.478 e. The lowest BCUT2D eigenvalue weighted by atomic mass is 10.0. The predicted octanol–water partition coefficient (Wildman–Crippen LogP) is 3.09. The third-order valence-electron chi connectivity index (χ3n) is 5.94. The van der Waals surface area contributed by atoms with E-state index in [-0.39, 0.29) is 0 Å². The topological polar surface area (TPSA) is 85.7 Å². The van der Waals surface area contributed by atoms with E-state index in [0.29, 0.717) is 11.6 Å². The number of aromatic amines is 1. The lowest BCUT2D eigenvalue weighted by Gasteiger charge is -2.35. The fraction of sp³-hybridized carbons (Fsp3) is 0.429. The molecule has 1 saturated heterocycles. The van der Waals surface area contributed by atoms with Crippen LogP contribution in [0.15, 0.2) is 24.5 Å². The van der Waals surface area contributed by atoms with Gasteiger partial charge in [-0.1, -0.05) is 6.92 Å². The Morgan fingerprint density at radius 3 is 2.75 bits per heavy atom. The molecule has 0 spiro atoms. The van der Waals surface area contributed by atoms with Crippen molar-refractivity contribution in [1.82, 2.24) is 19.9 Å². The number of anilines is 1. The van der Waals surface area contributed by atoms with Crippen molar-refractivity contribution in [3.8, 4) is 11.3 Å². The van der Waals surface area contributed by atoms with E-state index in [2.05, 4.69) is 45.0 Å². The Morgan fingerprint density at radius 2 is 2.14 bits per heavy atom. The Bertz CT molecular complexity index is 1000. The van der Waals surface area contributed by atoms with Gasteiger partial charge in [0.25, 0.3) is 0 Å². The fourth-order valence-electron chi connectivity index (χ4n) is 4.44. The van der Waals surface area contributed by atoms with Gasteiger partial charge in [0.05, 0.1) is 16.8 Å². The predicted molar refractivity (Wildman–Crippen MR) is 110 cm³/mol. The molecule has 1 aliphatic rings. The van der Waals surface area contributed by atoms with Crippen LogP contribution in [0.25, 0.3) is 16.8 Å². The lowest BCUT2D eigenvalue weighted by Crippen LogP contribution is -2.42. The van der Waals surface area contributed by atoms with Crippen LogP contribution in [0.2, 0.25) is 0 Å². The van der Waals surface area contributed by atoms with E-state index < -0.39 is 5.97 Å². The normalized spacial score (nSPS) is 15.2.